The molecule has 3 aromatic heterocycles. The van der Waals surface area contributed by atoms with Gasteiger partial charge in [0.25, 0.3) is 0 Å². The predicted octanol–water partition coefficient (Wildman–Crippen LogP) is 4.06. The zero-order valence-electron chi connectivity index (χ0n) is 13.7. The smallest absolute Gasteiger partial charge is 0.239 e. The molecule has 0 saturated heterocycles. The number of hydrogen-bond donors (Lipinski definition) is 0. The van der Waals surface area contributed by atoms with E-state index in [1.165, 1.54) is 17.7 Å². The van der Waals surface area contributed by atoms with Gasteiger partial charge in [0.15, 0.2) is 11.0 Å². The van der Waals surface area contributed by atoms with E-state index in [0.717, 1.165) is 29.6 Å². The third kappa shape index (κ3) is 3.25. The van der Waals surface area contributed by atoms with Crippen LogP contribution in [0, 0.1) is 0 Å². The SMILES string of the molecule is CCc1noc([C@H](C)Sc2nnc(Cc3cccs3)n2C2CC2)n1. The van der Waals surface area contributed by atoms with Crippen LogP contribution in [0.5, 0.6) is 0 Å². The van der Waals surface area contributed by atoms with Crippen molar-refractivity contribution in [1.82, 2.24) is 24.9 Å². The Kier molecular flexibility index (Phi) is 4.41. The van der Waals surface area contributed by atoms with Crippen LogP contribution in [0.15, 0.2) is 27.2 Å². The molecule has 24 heavy (non-hydrogen) atoms. The Morgan fingerprint density at radius 1 is 1.42 bits per heavy atom. The summed E-state index contributed by atoms with van der Waals surface area (Å²) in [4.78, 5) is 5.75. The summed E-state index contributed by atoms with van der Waals surface area (Å²) in [6.07, 6.45) is 4.04. The highest BCUT2D eigenvalue weighted by Gasteiger charge is 2.31. The molecule has 1 saturated carbocycles. The van der Waals surface area contributed by atoms with E-state index >= 15 is 0 Å². The maximum Gasteiger partial charge on any atom is 0.239 e. The molecule has 1 fully saturated rings. The average Bonchev–Trinajstić information content (AvgIpc) is 3.02. The quantitative estimate of drug-likeness (QED) is 0.591. The zero-order valence-corrected chi connectivity index (χ0v) is 15.3. The summed E-state index contributed by atoms with van der Waals surface area (Å²) in [5.74, 6) is 2.45. The minimum Gasteiger partial charge on any atom is -0.338 e. The molecule has 0 bridgehead atoms. The maximum atomic E-state index is 5.36. The Labute approximate surface area is 148 Å². The molecule has 126 valence electrons. The van der Waals surface area contributed by atoms with Gasteiger partial charge in [0.2, 0.25) is 5.89 Å². The largest absolute Gasteiger partial charge is 0.338 e. The number of aromatic nitrogens is 5. The molecule has 4 rings (SSSR count). The fraction of sp³-hybridized carbons (Fsp3) is 0.500. The monoisotopic (exact) mass is 361 g/mol. The Balaban J connectivity index is 1.55. The molecule has 8 heteroatoms. The number of hydrogen-bond acceptors (Lipinski definition) is 7. The molecule has 6 nitrogen and oxygen atoms in total. The van der Waals surface area contributed by atoms with E-state index in [1.807, 2.05) is 6.92 Å². The summed E-state index contributed by atoms with van der Waals surface area (Å²) in [5, 5.41) is 16.0. The van der Waals surface area contributed by atoms with Gasteiger partial charge in [-0.1, -0.05) is 29.9 Å². The summed E-state index contributed by atoms with van der Waals surface area (Å²) in [7, 11) is 0. The molecule has 1 aliphatic rings. The molecule has 0 radical (unpaired) electrons. The Morgan fingerprint density at radius 2 is 2.29 bits per heavy atom. The zero-order chi connectivity index (χ0) is 16.5. The molecule has 3 heterocycles. The van der Waals surface area contributed by atoms with Crippen molar-refractivity contribution in [3.63, 3.8) is 0 Å². The summed E-state index contributed by atoms with van der Waals surface area (Å²) in [6, 6.07) is 4.77. The highest BCUT2D eigenvalue weighted by Crippen LogP contribution is 2.42. The number of aryl methyl sites for hydroxylation is 1. The van der Waals surface area contributed by atoms with Gasteiger partial charge in [0.05, 0.1) is 5.25 Å². The summed E-state index contributed by atoms with van der Waals surface area (Å²) in [5.41, 5.74) is 0. The van der Waals surface area contributed by atoms with Crippen LogP contribution in [0.3, 0.4) is 0 Å². The van der Waals surface area contributed by atoms with Gasteiger partial charge in [0.1, 0.15) is 5.82 Å². The van der Waals surface area contributed by atoms with Gasteiger partial charge in [-0.15, -0.1) is 21.5 Å². The number of nitrogens with zero attached hydrogens (tertiary/aromatic N) is 5. The number of thiophene rings is 1. The van der Waals surface area contributed by atoms with Gasteiger partial charge in [-0.05, 0) is 31.2 Å². The van der Waals surface area contributed by atoms with Crippen molar-refractivity contribution in [2.75, 3.05) is 0 Å². The van der Waals surface area contributed by atoms with Crippen molar-refractivity contribution in [2.24, 2.45) is 0 Å². The number of thioether (sulfide) groups is 1. The van der Waals surface area contributed by atoms with E-state index in [0.29, 0.717) is 11.9 Å². The minimum absolute atomic E-state index is 0.0640. The van der Waals surface area contributed by atoms with Crippen molar-refractivity contribution in [3.05, 3.63) is 39.9 Å². The lowest BCUT2D eigenvalue weighted by molar-refractivity contribution is 0.375. The molecule has 0 N–H and O–H groups in total. The second-order valence-electron chi connectivity index (χ2n) is 5.92. The lowest BCUT2D eigenvalue weighted by Crippen LogP contribution is -2.04. The standard InChI is InChI=1S/C16H19N5OS2/c1-3-13-17-15(22-20-13)10(2)24-16-19-18-14(21(16)11-6-7-11)9-12-5-4-8-23-12/h4-5,8,10-11H,3,6-7,9H2,1-2H3/t10-/m0/s1. The molecule has 0 amide bonds. The fourth-order valence-corrected chi connectivity index (χ4v) is 4.23. The van der Waals surface area contributed by atoms with E-state index in [-0.39, 0.29) is 5.25 Å². The minimum atomic E-state index is 0.0640. The Bertz CT molecular complexity index is 806. The van der Waals surface area contributed by atoms with Crippen LogP contribution in [0.4, 0.5) is 0 Å². The normalized spacial score (nSPS) is 15.8. The average molecular weight is 361 g/mol. The molecule has 0 unspecified atom stereocenters. The molecule has 1 atom stereocenters. The van der Waals surface area contributed by atoms with Gasteiger partial charge >= 0.3 is 0 Å². The molecule has 3 aromatic rings. The fourth-order valence-electron chi connectivity index (χ4n) is 2.56. The van der Waals surface area contributed by atoms with Crippen LogP contribution < -0.4 is 0 Å². The first-order valence-corrected chi connectivity index (χ1v) is 9.95. The topological polar surface area (TPSA) is 69.6 Å². The van der Waals surface area contributed by atoms with E-state index in [9.17, 15) is 0 Å². The van der Waals surface area contributed by atoms with Gasteiger partial charge in [0, 0.05) is 23.8 Å². The first-order valence-electron chi connectivity index (χ1n) is 8.20. The van der Waals surface area contributed by atoms with Crippen LogP contribution in [0.25, 0.3) is 0 Å². The summed E-state index contributed by atoms with van der Waals surface area (Å²) < 4.78 is 7.66. The van der Waals surface area contributed by atoms with Crippen molar-refractivity contribution in [1.29, 1.82) is 0 Å². The lowest BCUT2D eigenvalue weighted by Gasteiger charge is -2.10. The lowest BCUT2D eigenvalue weighted by atomic mass is 10.3. The van der Waals surface area contributed by atoms with Crippen LogP contribution in [-0.4, -0.2) is 24.9 Å². The molecular weight excluding hydrogens is 342 g/mol. The van der Waals surface area contributed by atoms with Gasteiger partial charge in [-0.2, -0.15) is 4.98 Å². The highest BCUT2D eigenvalue weighted by molar-refractivity contribution is 7.99. The molecule has 0 spiro atoms. The van der Waals surface area contributed by atoms with E-state index in [1.54, 1.807) is 23.1 Å². The third-order valence-corrected chi connectivity index (χ3v) is 5.91. The van der Waals surface area contributed by atoms with Crippen LogP contribution in [-0.2, 0) is 12.8 Å². The summed E-state index contributed by atoms with van der Waals surface area (Å²) in [6.45, 7) is 4.09. The van der Waals surface area contributed by atoms with E-state index in [2.05, 4.69) is 49.3 Å². The van der Waals surface area contributed by atoms with E-state index in [4.69, 9.17) is 4.52 Å². The molecule has 0 aromatic carbocycles. The molecular formula is C16H19N5OS2. The van der Waals surface area contributed by atoms with Crippen LogP contribution in [0.1, 0.15) is 60.4 Å². The van der Waals surface area contributed by atoms with Crippen molar-refractivity contribution in [3.8, 4) is 0 Å². The second-order valence-corrected chi connectivity index (χ2v) is 8.26. The Hall–Kier alpha value is -1.67. The maximum absolute atomic E-state index is 5.36. The van der Waals surface area contributed by atoms with Gasteiger partial charge in [-0.25, -0.2) is 0 Å². The predicted molar refractivity (Wildman–Crippen MR) is 93.4 cm³/mol. The van der Waals surface area contributed by atoms with Crippen LogP contribution >= 0.6 is 23.1 Å². The van der Waals surface area contributed by atoms with Crippen molar-refractivity contribution >= 4 is 23.1 Å². The van der Waals surface area contributed by atoms with E-state index < -0.39 is 0 Å². The van der Waals surface area contributed by atoms with Gasteiger partial charge in [-0.3, -0.25) is 0 Å². The molecule has 0 aliphatic heterocycles. The Morgan fingerprint density at radius 3 is 2.96 bits per heavy atom. The highest BCUT2D eigenvalue weighted by atomic mass is 32.2. The van der Waals surface area contributed by atoms with Crippen molar-refractivity contribution < 1.29 is 4.52 Å². The summed E-state index contributed by atoms with van der Waals surface area (Å²) >= 11 is 3.41. The number of rotatable bonds is 7. The second kappa shape index (κ2) is 6.68. The molecule has 1 aliphatic carbocycles. The van der Waals surface area contributed by atoms with Crippen molar-refractivity contribution in [2.45, 2.75) is 56.0 Å². The third-order valence-electron chi connectivity index (χ3n) is 3.99. The first kappa shape index (κ1) is 15.8. The van der Waals surface area contributed by atoms with Crippen LogP contribution in [0.2, 0.25) is 0 Å². The van der Waals surface area contributed by atoms with Gasteiger partial charge < -0.3 is 9.09 Å². The first-order chi connectivity index (χ1) is 11.7.